The normalized spacial score (nSPS) is 17.1. The maximum atomic E-state index is 11.8. The number of aliphatic imine (C=N–C) groups is 1. The smallest absolute Gasteiger partial charge is 0.220 e. The maximum absolute atomic E-state index is 11.8. The van der Waals surface area contributed by atoms with Gasteiger partial charge in [-0.15, -0.1) is 0 Å². The Balaban J connectivity index is 0.000000122. The lowest BCUT2D eigenvalue weighted by molar-refractivity contribution is -0.134. The van der Waals surface area contributed by atoms with E-state index in [4.69, 9.17) is 94.5 Å². The van der Waals surface area contributed by atoms with Crippen molar-refractivity contribution in [3.63, 3.8) is 0 Å². The van der Waals surface area contributed by atoms with E-state index in [0.717, 1.165) is 93.5 Å². The van der Waals surface area contributed by atoms with Gasteiger partial charge in [0.2, 0.25) is 31.9 Å². The second kappa shape index (κ2) is 30.8. The van der Waals surface area contributed by atoms with E-state index >= 15 is 0 Å². The molecule has 6 aliphatic heterocycles. The van der Waals surface area contributed by atoms with Crippen LogP contribution >= 0.6 is 58.0 Å². The summed E-state index contributed by atoms with van der Waals surface area (Å²) in [5.74, 6) is 1.67. The molecule has 4 saturated heterocycles. The van der Waals surface area contributed by atoms with Crippen molar-refractivity contribution in [3.8, 4) is 0 Å². The Kier molecular flexibility index (Phi) is 22.2. The van der Waals surface area contributed by atoms with E-state index in [2.05, 4.69) is 88.4 Å². The zero-order valence-corrected chi connectivity index (χ0v) is 63.5. The number of piperazine rings is 4. The number of carbonyl (C=O) groups is 2. The van der Waals surface area contributed by atoms with Gasteiger partial charge in [-0.25, -0.2) is 16.8 Å². The topological polar surface area (TPSA) is 355 Å². The van der Waals surface area contributed by atoms with Crippen molar-refractivity contribution in [1.29, 1.82) is 0 Å². The second-order valence-corrected chi connectivity index (χ2v) is 32.8. The van der Waals surface area contributed by atoms with Crippen molar-refractivity contribution < 1.29 is 40.0 Å². The molecule has 6 aliphatic rings. The number of nitrogens with one attached hydrogen (secondary N) is 1. The van der Waals surface area contributed by atoms with Crippen molar-refractivity contribution in [2.24, 2.45) is 10.7 Å². The van der Waals surface area contributed by atoms with Gasteiger partial charge in [0.25, 0.3) is 0 Å². The quantitative estimate of drug-likeness (QED) is 0.0990. The Bertz CT molecular complexity index is 5150. The Hall–Kier alpha value is -8.72. The fourth-order valence-electron chi connectivity index (χ4n) is 14.0. The number of benzene rings is 6. The van der Waals surface area contributed by atoms with Crippen LogP contribution in [0.5, 0.6) is 0 Å². The van der Waals surface area contributed by atoms with Gasteiger partial charge in [0.05, 0.1) is 69.5 Å². The zero-order valence-electron chi connectivity index (χ0n) is 58.0. The summed E-state index contributed by atoms with van der Waals surface area (Å²) in [6.07, 6.45) is 5.41. The van der Waals surface area contributed by atoms with Crippen LogP contribution in [-0.2, 0) is 49.1 Å². The molecule has 552 valence electrons. The second-order valence-electron chi connectivity index (χ2n) is 26.7. The molecule has 10 aromatic rings. The van der Waals surface area contributed by atoms with Gasteiger partial charge >= 0.3 is 0 Å². The average Bonchev–Trinajstić information content (AvgIpc) is 1.78. The summed E-state index contributed by atoms with van der Waals surface area (Å²) in [6.45, 7) is 18.9. The predicted octanol–water partition coefficient (Wildman–Crippen LogP) is 9.81. The molecule has 0 spiro atoms. The summed E-state index contributed by atoms with van der Waals surface area (Å²) in [7, 11) is -6.28. The number of halogens is 5. The van der Waals surface area contributed by atoms with Gasteiger partial charge in [0, 0.05) is 178 Å². The van der Waals surface area contributed by atoms with Crippen LogP contribution in [0.15, 0.2) is 110 Å². The van der Waals surface area contributed by atoms with Crippen molar-refractivity contribution in [2.75, 3.05) is 159 Å². The molecular weight excluding hydrogens is 1480 g/mol. The number of rotatable bonds is 7. The number of amides is 2. The number of aromatic amines is 1. The van der Waals surface area contributed by atoms with Crippen LogP contribution in [0.25, 0.3) is 43.8 Å². The van der Waals surface area contributed by atoms with E-state index in [1.165, 1.54) is 32.2 Å². The van der Waals surface area contributed by atoms with Crippen molar-refractivity contribution in [1.82, 2.24) is 44.1 Å². The van der Waals surface area contributed by atoms with E-state index in [1.807, 2.05) is 57.3 Å². The highest BCUT2D eigenvalue weighted by Gasteiger charge is 2.37. The molecular formula is C69H80Cl5N19O9S2. The zero-order chi connectivity index (χ0) is 74.3. The number of fused-ring (bicyclic) bond motifs is 6. The van der Waals surface area contributed by atoms with Crippen LogP contribution in [0.1, 0.15) is 49.9 Å². The minimum absolute atomic E-state index is 0.0878. The minimum Gasteiger partial charge on any atom is -0.383 e. The molecule has 28 nitrogen and oxygen atoms in total. The molecule has 4 aromatic heterocycles. The monoisotopic (exact) mass is 1560 g/mol. The van der Waals surface area contributed by atoms with Crippen LogP contribution in [0.4, 0.5) is 45.9 Å². The van der Waals surface area contributed by atoms with Crippen molar-refractivity contribution >= 4 is 185 Å². The van der Waals surface area contributed by atoms with E-state index < -0.39 is 20.0 Å². The molecule has 0 aliphatic carbocycles. The van der Waals surface area contributed by atoms with Gasteiger partial charge in [-0.1, -0.05) is 97.7 Å². The highest BCUT2D eigenvalue weighted by atomic mass is 35.5. The molecule has 9 N–H and O–H groups in total. The molecule has 6 aromatic carbocycles. The Morgan fingerprint density at radius 1 is 0.500 bits per heavy atom. The average molecular weight is 1560 g/mol. The fraction of sp³-hybridized carbons (Fsp3) is 0.377. The summed E-state index contributed by atoms with van der Waals surface area (Å²) in [6, 6.07) is 27.0. The lowest BCUT2D eigenvalue weighted by Gasteiger charge is -2.47. The molecule has 0 atom stereocenters. The van der Waals surface area contributed by atoms with Gasteiger partial charge in [0.1, 0.15) is 5.84 Å². The number of aromatic nitrogens is 5. The van der Waals surface area contributed by atoms with Crippen molar-refractivity contribution in [2.45, 2.75) is 52.7 Å². The number of nitrogens with two attached hydrogens (primary N) is 4. The summed E-state index contributed by atoms with van der Waals surface area (Å²) in [4.78, 5) is 42.0. The van der Waals surface area contributed by atoms with Crippen LogP contribution in [0.2, 0.25) is 25.1 Å². The first-order valence-corrected chi connectivity index (χ1v) is 39.0. The molecule has 0 radical (unpaired) electrons. The number of sulfonamides is 2. The summed E-state index contributed by atoms with van der Waals surface area (Å²) >= 11 is 30.9. The molecule has 10 heterocycles. The first-order chi connectivity index (χ1) is 49.4. The summed E-state index contributed by atoms with van der Waals surface area (Å²) in [5.41, 5.74) is 35.3. The molecule has 4 fully saturated rings. The number of carbonyl (C=O) groups excluding carboxylic acids is 2. The van der Waals surface area contributed by atoms with Gasteiger partial charge in [-0.3, -0.25) is 19.7 Å². The number of H-pyrrole nitrogens is 1. The van der Waals surface area contributed by atoms with E-state index in [0.29, 0.717) is 163 Å². The van der Waals surface area contributed by atoms with Crippen LogP contribution in [-0.4, -0.2) is 201 Å². The minimum atomic E-state index is -3.15. The number of nitrogens with zero attached hydrogens (tertiary/aromatic N) is 14. The summed E-state index contributed by atoms with van der Waals surface area (Å²) in [5, 5.41) is 24.8. The molecule has 0 unspecified atom stereocenters. The third-order valence-corrected chi connectivity index (χ3v) is 23.0. The predicted molar refractivity (Wildman–Crippen MR) is 414 cm³/mol. The van der Waals surface area contributed by atoms with Gasteiger partial charge in [-0.05, 0) is 92.1 Å². The number of hydrogen-bond donors (Lipinski definition) is 5. The highest BCUT2D eigenvalue weighted by Crippen LogP contribution is 2.40. The van der Waals surface area contributed by atoms with E-state index in [-0.39, 0.29) is 17.4 Å². The Labute approximate surface area is 626 Å². The van der Waals surface area contributed by atoms with Crippen molar-refractivity contribution in [3.05, 3.63) is 138 Å². The van der Waals surface area contributed by atoms with Crippen LogP contribution < -0.4 is 47.4 Å². The first-order valence-electron chi connectivity index (χ1n) is 33.4. The maximum Gasteiger partial charge on any atom is 0.220 e. The van der Waals surface area contributed by atoms with Crippen LogP contribution in [0, 0.1) is 0 Å². The van der Waals surface area contributed by atoms with E-state index in [9.17, 15) is 26.4 Å². The molecule has 0 saturated carbocycles. The Morgan fingerprint density at radius 3 is 1.41 bits per heavy atom. The van der Waals surface area contributed by atoms with Gasteiger partial charge in [-0.2, -0.15) is 13.7 Å². The lowest BCUT2D eigenvalue weighted by atomic mass is 9.98. The molecule has 0 bridgehead atoms. The molecule has 104 heavy (non-hydrogen) atoms. The number of anilines is 8. The molecule has 16 rings (SSSR count). The third-order valence-electron chi connectivity index (χ3n) is 19.3. The lowest BCUT2D eigenvalue weighted by Crippen LogP contribution is -2.60. The van der Waals surface area contributed by atoms with Gasteiger partial charge < -0.3 is 70.8 Å². The summed E-state index contributed by atoms with van der Waals surface area (Å²) < 4.78 is 65.1. The van der Waals surface area contributed by atoms with Crippen LogP contribution in [0.3, 0.4) is 0 Å². The number of hydrogen-bond acceptors (Lipinski definition) is 23. The SMILES string of the molecule is CC(=O)N1CCN(c2cc(Cl)cc3c(N)noc23)CC1.CC(=O)N1CCN(c2cc(Cl)cc3c(N)noc23)CC1(C)C.CS(=O)(=O)N1CCN(c2cc(Cl)cc3c(N)noc23)CC1.CS(=O)(=O)N1CCN(c2cc(Cl)cc3c2CN=C3N)CC1.Clc1cc(N2CCc3ccccc3C2)c2cn[nH]c2c1. The third kappa shape index (κ3) is 16.5. The highest BCUT2D eigenvalue weighted by molar-refractivity contribution is 7.88. The molecule has 2 amide bonds. The Morgan fingerprint density at radius 2 is 0.933 bits per heavy atom. The van der Waals surface area contributed by atoms with Gasteiger partial charge in [0.15, 0.2) is 34.2 Å². The fourth-order valence-corrected chi connectivity index (χ4v) is 16.7. The standard InChI is InChI=1S/C16H14ClN3.C15H19ClN4O2.C13H17ClN4O2S.C13H15ClN4O2.C12H15ClN4O3S/c17-13-7-15-14(9-18-19-15)16(8-13)20-6-5-11-3-1-2-4-12(11)10-20;1-9(21)20-5-4-19(8-15(20,2)3)12-7-10(16)6-11-13(12)22-18-14(11)17;1-21(19,20)18-4-2-17(3-5-18)12-7-9(14)6-10-11(12)8-16-13(10)15;1-8(19)17-2-4-18(5-3-17)11-7-9(14)6-10-12(11)20-16-13(10)15;1-21(18,19)17-4-2-16(3-5-17)10-7-8(13)6-9-11(10)20-15-12(9)14/h1-4,7-9H,5-6,10H2,(H,18,19);6-7H,4-5,8H2,1-3H3,(H2,17,18);6-7H,2-5,8H2,1H3,(H2,15,16);6-7H,2-5H2,1H3,(H2,15,16);6-7H,2-5H2,1H3,(H2,14,15). The first kappa shape index (κ1) is 75.0. The number of amidine groups is 1. The number of nitrogen functional groups attached to an aromatic ring is 3. The largest absolute Gasteiger partial charge is 0.383 e. The molecule has 35 heteroatoms. The van der Waals surface area contributed by atoms with E-state index in [1.54, 1.807) is 38.1 Å².